The van der Waals surface area contributed by atoms with Crippen LogP contribution in [-0.2, 0) is 16.0 Å². The molecule has 108 valence electrons. The Morgan fingerprint density at radius 2 is 1.95 bits per heavy atom. The maximum absolute atomic E-state index is 12.1. The van der Waals surface area contributed by atoms with Crippen LogP contribution in [0.4, 0.5) is 0 Å². The third kappa shape index (κ3) is 3.17. The Kier molecular flexibility index (Phi) is 4.39. The number of hydrogen-bond donors (Lipinski definition) is 2. The monoisotopic (exact) mass is 276 g/mol. The number of hydrogen-bond acceptors (Lipinski definition) is 3. The highest BCUT2D eigenvalue weighted by Gasteiger charge is 2.38. The molecule has 1 saturated heterocycles. The molecule has 1 fully saturated rings. The molecule has 5 nitrogen and oxygen atoms in total. The molecular formula is C15H20N2O3. The Labute approximate surface area is 118 Å². The predicted molar refractivity (Wildman–Crippen MR) is 75.0 cm³/mol. The van der Waals surface area contributed by atoms with Crippen LogP contribution in [0.5, 0.6) is 0 Å². The lowest BCUT2D eigenvalue weighted by molar-refractivity contribution is -0.151. The molecule has 1 amide bonds. The molecular weight excluding hydrogens is 256 g/mol. The summed E-state index contributed by atoms with van der Waals surface area (Å²) in [5.41, 5.74) is 6.97. The van der Waals surface area contributed by atoms with Gasteiger partial charge in [0, 0.05) is 19.0 Å². The first-order valence-corrected chi connectivity index (χ1v) is 6.80. The van der Waals surface area contributed by atoms with Crippen LogP contribution in [0.3, 0.4) is 0 Å². The highest BCUT2D eigenvalue weighted by Crippen LogP contribution is 2.24. The van der Waals surface area contributed by atoms with Gasteiger partial charge in [-0.05, 0) is 12.0 Å². The van der Waals surface area contributed by atoms with Crippen molar-refractivity contribution >= 4 is 11.9 Å². The highest BCUT2D eigenvalue weighted by molar-refractivity contribution is 5.83. The third-order valence-electron chi connectivity index (χ3n) is 3.93. The molecule has 2 atom stereocenters. The van der Waals surface area contributed by atoms with Gasteiger partial charge in [0.15, 0.2) is 0 Å². The van der Waals surface area contributed by atoms with Crippen molar-refractivity contribution in [2.45, 2.75) is 19.4 Å². The van der Waals surface area contributed by atoms with Crippen molar-refractivity contribution in [1.29, 1.82) is 0 Å². The van der Waals surface area contributed by atoms with Gasteiger partial charge in [0.25, 0.3) is 0 Å². The fourth-order valence-electron chi connectivity index (χ4n) is 2.40. The molecule has 20 heavy (non-hydrogen) atoms. The molecule has 0 radical (unpaired) electrons. The molecule has 5 heteroatoms. The van der Waals surface area contributed by atoms with E-state index < -0.39 is 17.9 Å². The number of carboxylic acids is 1. The summed E-state index contributed by atoms with van der Waals surface area (Å²) in [6, 6.07) is 9.08. The van der Waals surface area contributed by atoms with E-state index in [-0.39, 0.29) is 11.8 Å². The Hall–Kier alpha value is -1.88. The minimum Gasteiger partial charge on any atom is -0.481 e. The number of rotatable bonds is 5. The SMILES string of the molecule is CC(C(=O)O)C1CN(C(=O)[C@@H](N)Cc2ccccc2)C1. The first-order valence-electron chi connectivity index (χ1n) is 6.80. The fourth-order valence-corrected chi connectivity index (χ4v) is 2.40. The van der Waals surface area contributed by atoms with Crippen LogP contribution in [0, 0.1) is 11.8 Å². The second-order valence-electron chi connectivity index (χ2n) is 5.43. The Morgan fingerprint density at radius 3 is 2.50 bits per heavy atom. The molecule has 3 N–H and O–H groups in total. The van der Waals surface area contributed by atoms with Gasteiger partial charge < -0.3 is 15.7 Å². The van der Waals surface area contributed by atoms with Crippen LogP contribution in [0.25, 0.3) is 0 Å². The van der Waals surface area contributed by atoms with E-state index in [1.165, 1.54) is 0 Å². The Balaban J connectivity index is 1.83. The first kappa shape index (κ1) is 14.5. The average molecular weight is 276 g/mol. The van der Waals surface area contributed by atoms with Gasteiger partial charge in [0.2, 0.25) is 5.91 Å². The predicted octanol–water partition coefficient (Wildman–Crippen LogP) is 0.736. The minimum atomic E-state index is -0.810. The van der Waals surface area contributed by atoms with Crippen LogP contribution >= 0.6 is 0 Å². The minimum absolute atomic E-state index is 0.0420. The number of aliphatic carboxylic acids is 1. The van der Waals surface area contributed by atoms with Gasteiger partial charge in [-0.15, -0.1) is 0 Å². The number of nitrogens with two attached hydrogens (primary N) is 1. The van der Waals surface area contributed by atoms with Crippen LogP contribution in [-0.4, -0.2) is 41.0 Å². The van der Waals surface area contributed by atoms with Gasteiger partial charge in [-0.25, -0.2) is 0 Å². The fraction of sp³-hybridized carbons (Fsp3) is 0.467. The Bertz CT molecular complexity index is 483. The van der Waals surface area contributed by atoms with Gasteiger partial charge in [0.1, 0.15) is 0 Å². The van der Waals surface area contributed by atoms with Crippen LogP contribution < -0.4 is 5.73 Å². The summed E-state index contributed by atoms with van der Waals surface area (Å²) in [6.45, 7) is 2.67. The lowest BCUT2D eigenvalue weighted by Gasteiger charge is -2.42. The molecule has 0 aromatic heterocycles. The van der Waals surface area contributed by atoms with Crippen molar-refractivity contribution in [1.82, 2.24) is 4.90 Å². The van der Waals surface area contributed by atoms with E-state index in [2.05, 4.69) is 0 Å². The van der Waals surface area contributed by atoms with Crippen molar-refractivity contribution in [3.05, 3.63) is 35.9 Å². The lowest BCUT2D eigenvalue weighted by Crippen LogP contribution is -2.58. The average Bonchev–Trinajstić information content (AvgIpc) is 2.37. The van der Waals surface area contributed by atoms with Crippen molar-refractivity contribution in [3.63, 3.8) is 0 Å². The van der Waals surface area contributed by atoms with Crippen LogP contribution in [0.1, 0.15) is 12.5 Å². The summed E-state index contributed by atoms with van der Waals surface area (Å²) in [6.07, 6.45) is 0.509. The lowest BCUT2D eigenvalue weighted by atomic mass is 9.86. The summed E-state index contributed by atoms with van der Waals surface area (Å²) < 4.78 is 0. The summed E-state index contributed by atoms with van der Waals surface area (Å²) >= 11 is 0. The van der Waals surface area contributed by atoms with E-state index in [9.17, 15) is 9.59 Å². The second kappa shape index (κ2) is 6.05. The van der Waals surface area contributed by atoms with Crippen molar-refractivity contribution < 1.29 is 14.7 Å². The van der Waals surface area contributed by atoms with E-state index in [1.807, 2.05) is 30.3 Å². The van der Waals surface area contributed by atoms with Crippen molar-refractivity contribution in [2.24, 2.45) is 17.6 Å². The number of likely N-dealkylation sites (tertiary alicyclic amines) is 1. The maximum Gasteiger partial charge on any atom is 0.306 e. The smallest absolute Gasteiger partial charge is 0.306 e. The number of amides is 1. The molecule has 0 bridgehead atoms. The summed E-state index contributed by atoms with van der Waals surface area (Å²) in [4.78, 5) is 24.6. The van der Waals surface area contributed by atoms with Gasteiger partial charge >= 0.3 is 5.97 Å². The zero-order valence-electron chi connectivity index (χ0n) is 11.5. The number of benzene rings is 1. The maximum atomic E-state index is 12.1. The Morgan fingerprint density at radius 1 is 1.35 bits per heavy atom. The van der Waals surface area contributed by atoms with Crippen LogP contribution in [0.2, 0.25) is 0 Å². The van der Waals surface area contributed by atoms with E-state index in [0.29, 0.717) is 19.5 Å². The van der Waals surface area contributed by atoms with Gasteiger partial charge in [-0.2, -0.15) is 0 Å². The van der Waals surface area contributed by atoms with Gasteiger partial charge in [0.05, 0.1) is 12.0 Å². The zero-order chi connectivity index (χ0) is 14.7. The van der Waals surface area contributed by atoms with E-state index >= 15 is 0 Å². The van der Waals surface area contributed by atoms with Crippen molar-refractivity contribution in [2.75, 3.05) is 13.1 Å². The molecule has 0 spiro atoms. The number of carboxylic acid groups (broad SMARTS) is 1. The molecule has 1 aliphatic rings. The number of nitrogens with zero attached hydrogens (tertiary/aromatic N) is 1. The third-order valence-corrected chi connectivity index (χ3v) is 3.93. The quantitative estimate of drug-likeness (QED) is 0.830. The largest absolute Gasteiger partial charge is 0.481 e. The summed E-state index contributed by atoms with van der Waals surface area (Å²) in [5, 5.41) is 8.92. The molecule has 1 aromatic rings. The van der Waals surface area contributed by atoms with E-state index in [0.717, 1.165) is 5.56 Å². The van der Waals surface area contributed by atoms with Gasteiger partial charge in [-0.3, -0.25) is 9.59 Å². The highest BCUT2D eigenvalue weighted by atomic mass is 16.4. The standard InChI is InChI=1S/C15H20N2O3/c1-10(15(19)20)12-8-17(9-12)14(18)13(16)7-11-5-3-2-4-6-11/h2-6,10,12-13H,7-9,16H2,1H3,(H,19,20)/t10?,13-/m0/s1. The number of carbonyl (C=O) groups is 2. The van der Waals surface area contributed by atoms with E-state index in [4.69, 9.17) is 10.8 Å². The summed E-state index contributed by atoms with van der Waals surface area (Å²) in [7, 11) is 0. The molecule has 0 saturated carbocycles. The topological polar surface area (TPSA) is 83.6 Å². The second-order valence-corrected chi connectivity index (χ2v) is 5.43. The van der Waals surface area contributed by atoms with Gasteiger partial charge in [-0.1, -0.05) is 37.3 Å². The molecule has 1 unspecified atom stereocenters. The van der Waals surface area contributed by atoms with E-state index in [1.54, 1.807) is 11.8 Å². The van der Waals surface area contributed by atoms with Crippen molar-refractivity contribution in [3.8, 4) is 0 Å². The zero-order valence-corrected chi connectivity index (χ0v) is 11.5. The van der Waals surface area contributed by atoms with Crippen LogP contribution in [0.15, 0.2) is 30.3 Å². The first-order chi connectivity index (χ1) is 9.49. The summed E-state index contributed by atoms with van der Waals surface area (Å²) in [5.74, 6) is -1.27. The molecule has 1 heterocycles. The number of carbonyl (C=O) groups excluding carboxylic acids is 1. The molecule has 0 aliphatic carbocycles. The normalized spacial score (nSPS) is 18.2. The molecule has 1 aromatic carbocycles. The molecule has 2 rings (SSSR count). The molecule has 1 aliphatic heterocycles.